The van der Waals surface area contributed by atoms with Crippen LogP contribution in [0.25, 0.3) is 0 Å². The maximum atomic E-state index is 14.0. The molecule has 1 N–H and O–H groups in total. The third kappa shape index (κ3) is 4.31. The van der Waals surface area contributed by atoms with E-state index in [1.807, 2.05) is 0 Å². The van der Waals surface area contributed by atoms with E-state index in [1.165, 1.54) is 4.90 Å². The fourth-order valence-corrected chi connectivity index (χ4v) is 2.49. The summed E-state index contributed by atoms with van der Waals surface area (Å²) >= 11 is 0. The number of halogens is 2. The zero-order valence-corrected chi connectivity index (χ0v) is 13.3. The third-order valence-corrected chi connectivity index (χ3v) is 3.37. The van der Waals surface area contributed by atoms with E-state index in [0.29, 0.717) is 13.0 Å². The number of amides is 1. The average Bonchev–Trinajstić information content (AvgIpc) is 2.83. The standard InChI is InChI=1S/C16H19F2N3O2/c1-16(2,3)23-15(22)20-11-4-5-21(9-11)14-12(17)6-10(8-19)7-13(14)18/h6-7,11H,4-5,9H2,1-3H3,(H,20,22). The molecule has 0 bridgehead atoms. The number of nitrogens with one attached hydrogen (secondary N) is 1. The van der Waals surface area contributed by atoms with Gasteiger partial charge in [0, 0.05) is 13.1 Å². The third-order valence-electron chi connectivity index (χ3n) is 3.37. The number of carbonyl (C=O) groups is 1. The molecule has 1 aliphatic rings. The van der Waals surface area contributed by atoms with E-state index in [0.717, 1.165) is 12.1 Å². The minimum Gasteiger partial charge on any atom is -0.444 e. The lowest BCUT2D eigenvalue weighted by Crippen LogP contribution is -2.40. The molecule has 1 aliphatic heterocycles. The summed E-state index contributed by atoms with van der Waals surface area (Å²) in [5.74, 6) is -1.56. The molecule has 0 spiro atoms. The van der Waals surface area contributed by atoms with E-state index in [-0.39, 0.29) is 23.8 Å². The molecule has 1 atom stereocenters. The van der Waals surface area contributed by atoms with Crippen molar-refractivity contribution in [2.45, 2.75) is 38.8 Å². The highest BCUT2D eigenvalue weighted by Gasteiger charge is 2.29. The highest BCUT2D eigenvalue weighted by molar-refractivity contribution is 5.68. The normalized spacial score (nSPS) is 17.7. The van der Waals surface area contributed by atoms with Gasteiger partial charge in [-0.2, -0.15) is 5.26 Å². The summed E-state index contributed by atoms with van der Waals surface area (Å²) in [5, 5.41) is 11.4. The van der Waals surface area contributed by atoms with E-state index in [9.17, 15) is 13.6 Å². The Balaban J connectivity index is 2.04. The number of anilines is 1. The van der Waals surface area contributed by atoms with Crippen LogP contribution < -0.4 is 10.2 Å². The summed E-state index contributed by atoms with van der Waals surface area (Å²) in [6.07, 6.45) is 0.00288. The van der Waals surface area contributed by atoms with Gasteiger partial charge >= 0.3 is 6.09 Å². The minimum absolute atomic E-state index is 0.0635. The van der Waals surface area contributed by atoms with Gasteiger partial charge in [-0.25, -0.2) is 13.6 Å². The lowest BCUT2D eigenvalue weighted by atomic mass is 10.2. The quantitative estimate of drug-likeness (QED) is 0.909. The summed E-state index contributed by atoms with van der Waals surface area (Å²) in [4.78, 5) is 13.3. The first-order chi connectivity index (χ1) is 10.7. The van der Waals surface area contributed by atoms with Crippen molar-refractivity contribution in [1.82, 2.24) is 5.32 Å². The van der Waals surface area contributed by atoms with Gasteiger partial charge in [0.1, 0.15) is 11.3 Å². The van der Waals surface area contributed by atoms with Crippen molar-refractivity contribution in [3.05, 3.63) is 29.3 Å². The van der Waals surface area contributed by atoms with Crippen LogP contribution in [0, 0.1) is 23.0 Å². The van der Waals surface area contributed by atoms with Crippen LogP contribution in [-0.2, 0) is 4.74 Å². The van der Waals surface area contributed by atoms with Crippen molar-refractivity contribution >= 4 is 11.8 Å². The highest BCUT2D eigenvalue weighted by Crippen LogP contribution is 2.28. The van der Waals surface area contributed by atoms with Gasteiger partial charge < -0.3 is 15.0 Å². The summed E-state index contributed by atoms with van der Waals surface area (Å²) in [6.45, 7) is 5.96. The van der Waals surface area contributed by atoms with Gasteiger partial charge in [-0.05, 0) is 39.3 Å². The molecule has 23 heavy (non-hydrogen) atoms. The summed E-state index contributed by atoms with van der Waals surface area (Å²) in [7, 11) is 0. The number of alkyl carbamates (subject to hydrolysis) is 1. The van der Waals surface area contributed by atoms with Crippen molar-refractivity contribution < 1.29 is 18.3 Å². The van der Waals surface area contributed by atoms with Crippen LogP contribution in [-0.4, -0.2) is 30.8 Å². The molecule has 2 rings (SSSR count). The Bertz CT molecular complexity index is 627. The fraction of sp³-hybridized carbons (Fsp3) is 0.500. The van der Waals surface area contributed by atoms with Gasteiger partial charge in [0.15, 0.2) is 11.6 Å². The predicted octanol–water partition coefficient (Wildman–Crippen LogP) is 2.94. The van der Waals surface area contributed by atoms with E-state index in [1.54, 1.807) is 26.8 Å². The number of carbonyl (C=O) groups excluding carboxylic acids is 1. The second-order valence-electron chi connectivity index (χ2n) is 6.48. The second-order valence-corrected chi connectivity index (χ2v) is 6.48. The van der Waals surface area contributed by atoms with Crippen LogP contribution in [0.4, 0.5) is 19.3 Å². The van der Waals surface area contributed by atoms with Crippen molar-refractivity contribution in [1.29, 1.82) is 5.26 Å². The molecular formula is C16H19F2N3O2. The molecule has 1 saturated heterocycles. The first-order valence-electron chi connectivity index (χ1n) is 7.33. The van der Waals surface area contributed by atoms with Crippen molar-refractivity contribution in [2.75, 3.05) is 18.0 Å². The number of ether oxygens (including phenoxy) is 1. The molecule has 1 unspecified atom stereocenters. The van der Waals surface area contributed by atoms with Crippen LogP contribution in [0.15, 0.2) is 12.1 Å². The molecule has 1 heterocycles. The van der Waals surface area contributed by atoms with Crippen LogP contribution in [0.1, 0.15) is 32.8 Å². The number of nitrogens with zero attached hydrogens (tertiary/aromatic N) is 2. The zero-order chi connectivity index (χ0) is 17.2. The van der Waals surface area contributed by atoms with Crippen molar-refractivity contribution in [3.63, 3.8) is 0 Å². The smallest absolute Gasteiger partial charge is 0.407 e. The van der Waals surface area contributed by atoms with Crippen LogP contribution >= 0.6 is 0 Å². The van der Waals surface area contributed by atoms with Gasteiger partial charge in [0.25, 0.3) is 0 Å². The number of hydrogen-bond donors (Lipinski definition) is 1. The molecule has 124 valence electrons. The van der Waals surface area contributed by atoms with Crippen molar-refractivity contribution in [2.24, 2.45) is 0 Å². The molecular weight excluding hydrogens is 304 g/mol. The highest BCUT2D eigenvalue weighted by atomic mass is 19.1. The molecule has 0 aromatic heterocycles. The monoisotopic (exact) mass is 323 g/mol. The first kappa shape index (κ1) is 17.0. The number of rotatable bonds is 2. The Kier molecular flexibility index (Phi) is 4.73. The molecule has 0 saturated carbocycles. The lowest BCUT2D eigenvalue weighted by molar-refractivity contribution is 0.0509. The molecule has 5 nitrogen and oxygen atoms in total. The predicted molar refractivity (Wildman–Crippen MR) is 81.1 cm³/mol. The van der Waals surface area contributed by atoms with Gasteiger partial charge in [0.05, 0.1) is 17.7 Å². The Morgan fingerprint density at radius 3 is 2.52 bits per heavy atom. The number of nitriles is 1. The molecule has 1 fully saturated rings. The van der Waals surface area contributed by atoms with Crippen LogP contribution in [0.5, 0.6) is 0 Å². The fourth-order valence-electron chi connectivity index (χ4n) is 2.49. The Morgan fingerprint density at radius 1 is 1.39 bits per heavy atom. The Labute approximate surface area is 133 Å². The lowest BCUT2D eigenvalue weighted by Gasteiger charge is -2.23. The molecule has 0 aliphatic carbocycles. The van der Waals surface area contributed by atoms with Gasteiger partial charge in [-0.1, -0.05) is 0 Å². The van der Waals surface area contributed by atoms with Crippen molar-refractivity contribution in [3.8, 4) is 6.07 Å². The molecule has 0 radical (unpaired) electrons. The largest absolute Gasteiger partial charge is 0.444 e. The van der Waals surface area contributed by atoms with Crippen LogP contribution in [0.3, 0.4) is 0 Å². The van der Waals surface area contributed by atoms with Gasteiger partial charge in [0.2, 0.25) is 0 Å². The Morgan fingerprint density at radius 2 is 2.00 bits per heavy atom. The minimum atomic E-state index is -0.778. The zero-order valence-electron chi connectivity index (χ0n) is 13.3. The average molecular weight is 323 g/mol. The SMILES string of the molecule is CC(C)(C)OC(=O)NC1CCN(c2c(F)cc(C#N)cc2F)C1. The van der Waals surface area contributed by atoms with E-state index < -0.39 is 23.3 Å². The van der Waals surface area contributed by atoms with Crippen LogP contribution in [0.2, 0.25) is 0 Å². The first-order valence-corrected chi connectivity index (χ1v) is 7.33. The maximum Gasteiger partial charge on any atom is 0.407 e. The topological polar surface area (TPSA) is 65.4 Å². The summed E-state index contributed by atoms with van der Waals surface area (Å²) < 4.78 is 33.2. The van der Waals surface area contributed by atoms with E-state index in [2.05, 4.69) is 5.32 Å². The number of hydrogen-bond acceptors (Lipinski definition) is 4. The molecule has 1 aromatic rings. The summed E-state index contributed by atoms with van der Waals surface area (Å²) in [5.41, 5.74) is -0.836. The van der Waals surface area contributed by atoms with E-state index in [4.69, 9.17) is 10.00 Å². The summed E-state index contributed by atoms with van der Waals surface area (Å²) in [6, 6.07) is 3.47. The van der Waals surface area contributed by atoms with Gasteiger partial charge in [-0.3, -0.25) is 0 Å². The molecule has 7 heteroatoms. The van der Waals surface area contributed by atoms with E-state index >= 15 is 0 Å². The Hall–Kier alpha value is -2.36. The maximum absolute atomic E-state index is 14.0. The second kappa shape index (κ2) is 6.41. The molecule has 1 amide bonds. The molecule has 1 aromatic carbocycles. The number of benzene rings is 1. The van der Waals surface area contributed by atoms with Gasteiger partial charge in [-0.15, -0.1) is 0 Å².